The van der Waals surface area contributed by atoms with E-state index in [1.165, 1.54) is 16.7 Å². The number of benzene rings is 3. The number of ether oxygens (including phenoxy) is 2. The molecule has 158 valence electrons. The van der Waals surface area contributed by atoms with Gasteiger partial charge in [-0.2, -0.15) is 5.26 Å². The van der Waals surface area contributed by atoms with Gasteiger partial charge in [0.25, 0.3) is 0 Å². The first-order chi connectivity index (χ1) is 14.8. The van der Waals surface area contributed by atoms with Crippen molar-refractivity contribution in [3.63, 3.8) is 0 Å². The minimum absolute atomic E-state index is 0. The van der Waals surface area contributed by atoms with Crippen LogP contribution >= 0.6 is 12.4 Å². The van der Waals surface area contributed by atoms with Gasteiger partial charge >= 0.3 is 0 Å². The fourth-order valence-electron chi connectivity index (χ4n) is 4.54. The van der Waals surface area contributed by atoms with E-state index < -0.39 is 0 Å². The second-order valence-corrected chi connectivity index (χ2v) is 8.15. The van der Waals surface area contributed by atoms with Gasteiger partial charge in [0, 0.05) is 37.0 Å². The van der Waals surface area contributed by atoms with Gasteiger partial charge in [-0.05, 0) is 41.5 Å². The summed E-state index contributed by atoms with van der Waals surface area (Å²) in [6.45, 7) is 4.28. The van der Waals surface area contributed by atoms with Crippen molar-refractivity contribution in [1.29, 1.82) is 5.26 Å². The van der Waals surface area contributed by atoms with Gasteiger partial charge in [0.2, 0.25) is 0 Å². The number of hydrogen-bond donors (Lipinski definition) is 0. The largest absolute Gasteiger partial charge is 0.493 e. The Morgan fingerprint density at radius 2 is 1.77 bits per heavy atom. The molecule has 1 fully saturated rings. The zero-order valence-corrected chi connectivity index (χ0v) is 18.1. The van der Waals surface area contributed by atoms with Crippen LogP contribution < -0.4 is 9.47 Å². The first-order valence-electron chi connectivity index (χ1n) is 10.4. The van der Waals surface area contributed by atoms with Crippen LogP contribution in [0.15, 0.2) is 72.8 Å². The standard InChI is InChI=1S/C26H24N2O2.ClH/c27-13-21-8-11-26-24(12-21)25-16-28(15-22(25)18-30-26)14-19-6-9-23(10-7-19)29-17-20-4-2-1-3-5-20;/h1-12,22,25H,14-18H2;1H/t22-,25+;/m0./s1. The molecule has 0 aromatic heterocycles. The van der Waals surface area contributed by atoms with Crippen molar-refractivity contribution in [1.82, 2.24) is 4.90 Å². The van der Waals surface area contributed by atoms with Gasteiger partial charge in [0.15, 0.2) is 0 Å². The Morgan fingerprint density at radius 3 is 2.55 bits per heavy atom. The van der Waals surface area contributed by atoms with Gasteiger partial charge in [-0.1, -0.05) is 42.5 Å². The number of halogens is 1. The van der Waals surface area contributed by atoms with Crippen LogP contribution in [0.2, 0.25) is 0 Å². The molecule has 0 saturated carbocycles. The molecule has 0 spiro atoms. The summed E-state index contributed by atoms with van der Waals surface area (Å²) in [5.41, 5.74) is 4.36. The molecule has 0 radical (unpaired) electrons. The maximum absolute atomic E-state index is 9.24. The molecule has 2 aliphatic heterocycles. The van der Waals surface area contributed by atoms with E-state index in [0.29, 0.717) is 24.0 Å². The maximum atomic E-state index is 9.24. The van der Waals surface area contributed by atoms with Crippen molar-refractivity contribution < 1.29 is 9.47 Å². The molecule has 31 heavy (non-hydrogen) atoms. The Morgan fingerprint density at radius 1 is 0.968 bits per heavy atom. The van der Waals surface area contributed by atoms with Crippen LogP contribution in [0.5, 0.6) is 11.5 Å². The summed E-state index contributed by atoms with van der Waals surface area (Å²) >= 11 is 0. The average Bonchev–Trinajstić information content (AvgIpc) is 3.22. The fourth-order valence-corrected chi connectivity index (χ4v) is 4.54. The molecule has 0 amide bonds. The summed E-state index contributed by atoms with van der Waals surface area (Å²) in [7, 11) is 0. The lowest BCUT2D eigenvalue weighted by Crippen LogP contribution is -2.25. The number of likely N-dealkylation sites (tertiary alicyclic amines) is 1. The lowest BCUT2D eigenvalue weighted by Gasteiger charge is -2.27. The van der Waals surface area contributed by atoms with Gasteiger partial charge in [-0.3, -0.25) is 4.90 Å². The van der Waals surface area contributed by atoms with Crippen LogP contribution in [0.1, 0.15) is 28.2 Å². The molecule has 3 aromatic carbocycles. The third-order valence-corrected chi connectivity index (χ3v) is 6.09. The second-order valence-electron chi connectivity index (χ2n) is 8.15. The number of hydrogen-bond acceptors (Lipinski definition) is 4. The van der Waals surface area contributed by atoms with Crippen LogP contribution in [-0.2, 0) is 13.2 Å². The summed E-state index contributed by atoms with van der Waals surface area (Å²) in [5, 5.41) is 9.24. The van der Waals surface area contributed by atoms with E-state index in [2.05, 4.69) is 47.4 Å². The highest BCUT2D eigenvalue weighted by Crippen LogP contribution is 2.42. The molecule has 5 heteroatoms. The smallest absolute Gasteiger partial charge is 0.122 e. The Bertz CT molecular complexity index is 1060. The van der Waals surface area contributed by atoms with Crippen molar-refractivity contribution >= 4 is 12.4 Å². The molecule has 2 atom stereocenters. The molecule has 1 saturated heterocycles. The lowest BCUT2D eigenvalue weighted by molar-refractivity contribution is 0.212. The highest BCUT2D eigenvalue weighted by atomic mass is 35.5. The van der Waals surface area contributed by atoms with Crippen molar-refractivity contribution in [3.05, 3.63) is 95.1 Å². The van der Waals surface area contributed by atoms with Gasteiger partial charge in [-0.15, -0.1) is 12.4 Å². The molecular weight excluding hydrogens is 408 g/mol. The molecule has 4 nitrogen and oxygen atoms in total. The summed E-state index contributed by atoms with van der Waals surface area (Å²) in [5.74, 6) is 2.76. The van der Waals surface area contributed by atoms with E-state index in [4.69, 9.17) is 9.47 Å². The minimum atomic E-state index is 0. The van der Waals surface area contributed by atoms with Gasteiger partial charge in [0.05, 0.1) is 18.2 Å². The monoisotopic (exact) mass is 432 g/mol. The predicted octanol–water partition coefficient (Wildman–Crippen LogP) is 5.17. The quantitative estimate of drug-likeness (QED) is 0.558. The maximum Gasteiger partial charge on any atom is 0.122 e. The van der Waals surface area contributed by atoms with Crippen LogP contribution in [0, 0.1) is 17.2 Å². The summed E-state index contributed by atoms with van der Waals surface area (Å²) < 4.78 is 11.9. The third-order valence-electron chi connectivity index (χ3n) is 6.09. The Balaban J connectivity index is 0.00000231. The molecule has 2 aliphatic rings. The molecule has 0 unspecified atom stereocenters. The Hall–Kier alpha value is -3.00. The number of rotatable bonds is 5. The Labute approximate surface area is 189 Å². The second kappa shape index (κ2) is 9.43. The topological polar surface area (TPSA) is 45.5 Å². The van der Waals surface area contributed by atoms with Crippen molar-refractivity contribution in [2.75, 3.05) is 19.7 Å². The molecular formula is C26H25ClN2O2. The molecule has 0 bridgehead atoms. The molecule has 0 aliphatic carbocycles. The predicted molar refractivity (Wildman–Crippen MR) is 123 cm³/mol. The normalized spacial score (nSPS) is 19.3. The molecule has 3 aromatic rings. The van der Waals surface area contributed by atoms with E-state index >= 15 is 0 Å². The van der Waals surface area contributed by atoms with Crippen molar-refractivity contribution in [2.24, 2.45) is 5.92 Å². The molecule has 0 N–H and O–H groups in total. The van der Waals surface area contributed by atoms with Gasteiger partial charge in [0.1, 0.15) is 18.1 Å². The van der Waals surface area contributed by atoms with E-state index in [0.717, 1.165) is 37.7 Å². The summed E-state index contributed by atoms with van der Waals surface area (Å²) in [4.78, 5) is 2.49. The number of nitrogens with zero attached hydrogens (tertiary/aromatic N) is 2. The van der Waals surface area contributed by atoms with Crippen LogP contribution in [0.25, 0.3) is 0 Å². The van der Waals surface area contributed by atoms with Crippen molar-refractivity contribution in [2.45, 2.75) is 19.1 Å². The van der Waals surface area contributed by atoms with Crippen LogP contribution in [0.3, 0.4) is 0 Å². The fraction of sp³-hybridized carbons (Fsp3) is 0.269. The third kappa shape index (κ3) is 4.69. The zero-order valence-electron chi connectivity index (χ0n) is 17.2. The lowest BCUT2D eigenvalue weighted by atomic mass is 9.86. The first kappa shape index (κ1) is 21.2. The zero-order chi connectivity index (χ0) is 20.3. The van der Waals surface area contributed by atoms with Gasteiger partial charge in [-0.25, -0.2) is 0 Å². The number of fused-ring (bicyclic) bond motifs is 3. The highest BCUT2D eigenvalue weighted by Gasteiger charge is 2.38. The SMILES string of the molecule is Cl.N#Cc1ccc2c(c1)[C@@H]1CN(Cc3ccc(OCc4ccccc4)cc3)C[C@H]1CO2. The summed E-state index contributed by atoms with van der Waals surface area (Å²) in [6, 6.07) is 26.7. The van der Waals surface area contributed by atoms with E-state index in [-0.39, 0.29) is 12.4 Å². The van der Waals surface area contributed by atoms with Crippen LogP contribution in [-0.4, -0.2) is 24.6 Å². The first-order valence-corrected chi connectivity index (χ1v) is 10.4. The van der Waals surface area contributed by atoms with E-state index in [1.54, 1.807) is 0 Å². The van der Waals surface area contributed by atoms with Crippen molar-refractivity contribution in [3.8, 4) is 17.6 Å². The van der Waals surface area contributed by atoms with Crippen LogP contribution in [0.4, 0.5) is 0 Å². The van der Waals surface area contributed by atoms with E-state index in [1.807, 2.05) is 36.4 Å². The van der Waals surface area contributed by atoms with E-state index in [9.17, 15) is 5.26 Å². The van der Waals surface area contributed by atoms with Gasteiger partial charge < -0.3 is 9.47 Å². The summed E-state index contributed by atoms with van der Waals surface area (Å²) in [6.07, 6.45) is 0. The molecule has 5 rings (SSSR count). The molecule has 2 heterocycles. The minimum Gasteiger partial charge on any atom is -0.493 e. The Kier molecular flexibility index (Phi) is 6.46. The average molecular weight is 433 g/mol. The number of nitriles is 1. The highest BCUT2D eigenvalue weighted by molar-refractivity contribution is 5.85.